The Balaban J connectivity index is 1.42. The summed E-state index contributed by atoms with van der Waals surface area (Å²) >= 11 is 0. The van der Waals surface area contributed by atoms with Gasteiger partial charge < -0.3 is 15.2 Å². The van der Waals surface area contributed by atoms with Crippen LogP contribution < -0.4 is 5.32 Å². The highest BCUT2D eigenvalue weighted by Crippen LogP contribution is 2.45. The summed E-state index contributed by atoms with van der Waals surface area (Å²) in [6.45, 7) is 6.53. The first-order valence-corrected chi connectivity index (χ1v) is 13.2. The molecule has 1 saturated heterocycles. The average molecular weight is 500 g/mol. The Morgan fingerprint density at radius 1 is 1.14 bits per heavy atom. The van der Waals surface area contributed by atoms with Crippen molar-refractivity contribution in [2.45, 2.75) is 31.2 Å². The molecule has 1 aliphatic carbocycles. The Bertz CT molecular complexity index is 1270. The standard InChI is InChI=1S/C30H37N5O2/c1-4-14-34-20-22(17-25-24-12-8-13-26-28(24)21(19-31-26)18-27(25)34)29(36)35(16-9-15-33(2)3)30(37)32-23-10-6-5-7-11-23/h4-8,10-13,19,22,25,27,31H,1,9,14-18,20H2,2-3H3,(H,32,37)/t22?,25-,27-/m1/s1. The van der Waals surface area contributed by atoms with Crippen molar-refractivity contribution in [1.82, 2.24) is 19.7 Å². The molecule has 3 aromatic rings. The molecule has 0 radical (unpaired) electrons. The number of aromatic amines is 1. The molecule has 1 aromatic heterocycles. The number of anilines is 1. The van der Waals surface area contributed by atoms with Crippen LogP contribution in [-0.2, 0) is 11.2 Å². The SMILES string of the molecule is C=CCN1CC(C(=O)N(CCCN(C)C)C(=O)Nc2ccccc2)C[C@@H]2c3cccc4[nH]cc(c34)C[C@H]21. The Morgan fingerprint density at radius 3 is 2.70 bits per heavy atom. The first-order chi connectivity index (χ1) is 18.0. The fourth-order valence-corrected chi connectivity index (χ4v) is 6.14. The zero-order chi connectivity index (χ0) is 25.9. The van der Waals surface area contributed by atoms with Gasteiger partial charge in [0.05, 0.1) is 5.92 Å². The van der Waals surface area contributed by atoms with Gasteiger partial charge in [-0.25, -0.2) is 4.79 Å². The molecular formula is C30H37N5O2. The van der Waals surface area contributed by atoms with Crippen LogP contribution in [0, 0.1) is 5.92 Å². The van der Waals surface area contributed by atoms with Gasteiger partial charge in [-0.2, -0.15) is 0 Å². The molecule has 3 atom stereocenters. The number of carbonyl (C=O) groups excluding carboxylic acids is 2. The molecule has 37 heavy (non-hydrogen) atoms. The maximum atomic E-state index is 14.1. The second-order valence-electron chi connectivity index (χ2n) is 10.6. The quantitative estimate of drug-likeness (QED) is 0.441. The van der Waals surface area contributed by atoms with Crippen molar-refractivity contribution in [3.63, 3.8) is 0 Å². The maximum absolute atomic E-state index is 14.1. The maximum Gasteiger partial charge on any atom is 0.328 e. The number of urea groups is 1. The van der Waals surface area contributed by atoms with Gasteiger partial charge in [0.1, 0.15) is 0 Å². The molecule has 0 spiro atoms. The van der Waals surface area contributed by atoms with Gasteiger partial charge in [0.2, 0.25) is 5.91 Å². The smallest absolute Gasteiger partial charge is 0.328 e. The molecule has 1 unspecified atom stereocenters. The third-order valence-electron chi connectivity index (χ3n) is 7.81. The minimum atomic E-state index is -0.356. The number of hydrogen-bond acceptors (Lipinski definition) is 4. The Labute approximate surface area is 219 Å². The molecule has 1 fully saturated rings. The van der Waals surface area contributed by atoms with Crippen LogP contribution in [0.3, 0.4) is 0 Å². The van der Waals surface area contributed by atoms with E-state index in [9.17, 15) is 9.59 Å². The highest BCUT2D eigenvalue weighted by molar-refractivity contribution is 6.02. The number of piperidine rings is 1. The number of rotatable bonds is 8. The summed E-state index contributed by atoms with van der Waals surface area (Å²) in [5.41, 5.74) is 4.50. The fraction of sp³-hybridized carbons (Fsp3) is 0.400. The van der Waals surface area contributed by atoms with Crippen molar-refractivity contribution in [1.29, 1.82) is 0 Å². The minimum Gasteiger partial charge on any atom is -0.361 e. The normalized spacial score (nSPS) is 21.0. The van der Waals surface area contributed by atoms with E-state index in [2.05, 4.69) is 51.1 Å². The van der Waals surface area contributed by atoms with Crippen molar-refractivity contribution in [3.8, 4) is 0 Å². The third-order valence-corrected chi connectivity index (χ3v) is 7.81. The number of fused-ring (bicyclic) bond motifs is 2. The summed E-state index contributed by atoms with van der Waals surface area (Å²) in [6.07, 6.45) is 6.48. The number of hydrogen-bond donors (Lipinski definition) is 2. The molecule has 1 aliphatic heterocycles. The van der Waals surface area contributed by atoms with Crippen LogP contribution in [0.1, 0.15) is 29.9 Å². The second kappa shape index (κ2) is 10.9. The highest BCUT2D eigenvalue weighted by Gasteiger charge is 2.44. The number of H-pyrrole nitrogens is 1. The molecule has 194 valence electrons. The van der Waals surface area contributed by atoms with Crippen molar-refractivity contribution < 1.29 is 9.59 Å². The lowest BCUT2D eigenvalue weighted by Crippen LogP contribution is -2.54. The predicted octanol–water partition coefficient (Wildman–Crippen LogP) is 4.70. The number of imide groups is 1. The molecule has 2 aliphatic rings. The number of aromatic nitrogens is 1. The van der Waals surface area contributed by atoms with Crippen LogP contribution in [0.2, 0.25) is 0 Å². The first-order valence-electron chi connectivity index (χ1n) is 13.2. The van der Waals surface area contributed by atoms with E-state index in [1.54, 1.807) is 0 Å². The molecule has 2 heterocycles. The van der Waals surface area contributed by atoms with E-state index in [0.717, 1.165) is 37.9 Å². The lowest BCUT2D eigenvalue weighted by atomic mass is 9.72. The molecule has 2 N–H and O–H groups in total. The van der Waals surface area contributed by atoms with Crippen molar-refractivity contribution in [3.05, 3.63) is 78.5 Å². The van der Waals surface area contributed by atoms with Gasteiger partial charge in [-0.1, -0.05) is 36.4 Å². The molecule has 0 bridgehead atoms. The van der Waals surface area contributed by atoms with Crippen LogP contribution in [0.25, 0.3) is 10.9 Å². The number of likely N-dealkylation sites (tertiary alicyclic amines) is 1. The summed E-state index contributed by atoms with van der Waals surface area (Å²) in [5.74, 6) is -0.125. The third kappa shape index (κ3) is 5.20. The van der Waals surface area contributed by atoms with E-state index in [-0.39, 0.29) is 23.8 Å². The molecular weight excluding hydrogens is 462 g/mol. The largest absolute Gasteiger partial charge is 0.361 e. The number of para-hydroxylation sites is 1. The number of carbonyl (C=O) groups is 2. The van der Waals surface area contributed by atoms with E-state index in [1.807, 2.05) is 50.5 Å². The molecule has 7 heteroatoms. The highest BCUT2D eigenvalue weighted by atomic mass is 16.2. The zero-order valence-electron chi connectivity index (χ0n) is 21.8. The van der Waals surface area contributed by atoms with Crippen molar-refractivity contribution >= 4 is 28.5 Å². The van der Waals surface area contributed by atoms with Gasteiger partial charge in [-0.05, 0) is 69.2 Å². The number of benzene rings is 2. The Kier molecular flexibility index (Phi) is 7.44. The summed E-state index contributed by atoms with van der Waals surface area (Å²) in [7, 11) is 4.01. The molecule has 7 nitrogen and oxygen atoms in total. The topological polar surface area (TPSA) is 71.7 Å². The first kappa shape index (κ1) is 25.2. The Hall–Kier alpha value is -3.42. The van der Waals surface area contributed by atoms with Gasteiger partial charge >= 0.3 is 6.03 Å². The van der Waals surface area contributed by atoms with E-state index < -0.39 is 0 Å². The molecule has 0 saturated carbocycles. The molecule has 2 aromatic carbocycles. The lowest BCUT2D eigenvalue weighted by molar-refractivity contribution is -0.135. The van der Waals surface area contributed by atoms with E-state index in [0.29, 0.717) is 24.8 Å². The van der Waals surface area contributed by atoms with Crippen molar-refractivity contribution in [2.24, 2.45) is 5.92 Å². The zero-order valence-corrected chi connectivity index (χ0v) is 21.8. The summed E-state index contributed by atoms with van der Waals surface area (Å²) < 4.78 is 0. The van der Waals surface area contributed by atoms with Gasteiger partial charge in [0.25, 0.3) is 0 Å². The fourth-order valence-electron chi connectivity index (χ4n) is 6.14. The van der Waals surface area contributed by atoms with Gasteiger partial charge in [-0.15, -0.1) is 6.58 Å². The number of amides is 3. The molecule has 5 rings (SSSR count). The summed E-state index contributed by atoms with van der Waals surface area (Å²) in [5, 5.41) is 4.24. The molecule has 3 amide bonds. The van der Waals surface area contributed by atoms with E-state index in [1.165, 1.54) is 21.4 Å². The van der Waals surface area contributed by atoms with E-state index in [4.69, 9.17) is 0 Å². The van der Waals surface area contributed by atoms with Crippen LogP contribution in [0.5, 0.6) is 0 Å². The van der Waals surface area contributed by atoms with Gasteiger partial charge in [-0.3, -0.25) is 14.6 Å². The van der Waals surface area contributed by atoms with Gasteiger partial charge in [0, 0.05) is 54.4 Å². The lowest BCUT2D eigenvalue weighted by Gasteiger charge is -2.47. The van der Waals surface area contributed by atoms with Crippen molar-refractivity contribution in [2.75, 3.05) is 45.6 Å². The summed E-state index contributed by atoms with van der Waals surface area (Å²) in [6, 6.07) is 15.7. The van der Waals surface area contributed by atoms with Crippen LogP contribution in [-0.4, -0.2) is 77.9 Å². The monoisotopic (exact) mass is 499 g/mol. The van der Waals surface area contributed by atoms with Gasteiger partial charge in [0.15, 0.2) is 0 Å². The second-order valence-corrected chi connectivity index (χ2v) is 10.6. The summed E-state index contributed by atoms with van der Waals surface area (Å²) in [4.78, 5) is 36.8. The van der Waals surface area contributed by atoms with Crippen LogP contribution in [0.15, 0.2) is 67.4 Å². The minimum absolute atomic E-state index is 0.0910. The van der Waals surface area contributed by atoms with Crippen LogP contribution in [0.4, 0.5) is 10.5 Å². The Morgan fingerprint density at radius 2 is 1.95 bits per heavy atom. The number of nitrogens with one attached hydrogen (secondary N) is 2. The number of nitrogens with zero attached hydrogens (tertiary/aromatic N) is 3. The predicted molar refractivity (Wildman–Crippen MR) is 149 cm³/mol. The van der Waals surface area contributed by atoms with Crippen LogP contribution >= 0.6 is 0 Å². The average Bonchev–Trinajstić information content (AvgIpc) is 3.31. The van der Waals surface area contributed by atoms with E-state index >= 15 is 0 Å².